The molecule has 2 atom stereocenters. The van der Waals surface area contributed by atoms with Gasteiger partial charge in [0.1, 0.15) is 0 Å². The van der Waals surface area contributed by atoms with Gasteiger partial charge in [0.2, 0.25) is 5.91 Å². The Morgan fingerprint density at radius 1 is 0.389 bits per heavy atom. The maximum Gasteiger partial charge on any atom is 0.305 e. The number of esters is 1. The van der Waals surface area contributed by atoms with Crippen molar-refractivity contribution >= 4 is 11.9 Å². The van der Waals surface area contributed by atoms with Crippen LogP contribution in [0, 0.1) is 0 Å². The second kappa shape index (κ2) is 61.4. The molecule has 0 aromatic carbocycles. The minimum Gasteiger partial charge on any atom is -0.466 e. The van der Waals surface area contributed by atoms with Gasteiger partial charge in [0.05, 0.1) is 25.4 Å². The average molecular weight is 1010 g/mol. The third-order valence-corrected chi connectivity index (χ3v) is 14.6. The lowest BCUT2D eigenvalue weighted by atomic mass is 10.0. The summed E-state index contributed by atoms with van der Waals surface area (Å²) < 4.78 is 5.46. The Hall–Kier alpha value is -2.18. The Labute approximate surface area is 448 Å². The molecule has 2 unspecified atom stereocenters. The molecule has 0 aromatic rings. The van der Waals surface area contributed by atoms with Crippen LogP contribution in [-0.4, -0.2) is 47.4 Å². The van der Waals surface area contributed by atoms with Gasteiger partial charge in [-0.3, -0.25) is 9.59 Å². The van der Waals surface area contributed by atoms with E-state index in [0.717, 1.165) is 70.6 Å². The molecule has 72 heavy (non-hydrogen) atoms. The number of carbonyl (C=O) groups excluding carboxylic acids is 2. The van der Waals surface area contributed by atoms with Crippen molar-refractivity contribution in [2.45, 2.75) is 347 Å². The average Bonchev–Trinajstić information content (AvgIpc) is 3.38. The molecule has 0 aliphatic heterocycles. The molecule has 0 saturated heterocycles. The molecule has 3 N–H and O–H groups in total. The molecule has 0 aliphatic rings. The van der Waals surface area contributed by atoms with E-state index < -0.39 is 12.1 Å². The predicted molar refractivity (Wildman–Crippen MR) is 315 cm³/mol. The second-order valence-electron chi connectivity index (χ2n) is 21.7. The quantitative estimate of drug-likeness (QED) is 0.0320. The first-order valence-corrected chi connectivity index (χ1v) is 31.9. The van der Waals surface area contributed by atoms with Crippen LogP contribution in [0.4, 0.5) is 0 Å². The molecule has 0 heterocycles. The van der Waals surface area contributed by atoms with Crippen molar-refractivity contribution in [1.82, 2.24) is 5.32 Å². The van der Waals surface area contributed by atoms with E-state index in [1.807, 2.05) is 6.08 Å². The van der Waals surface area contributed by atoms with Gasteiger partial charge in [-0.2, -0.15) is 0 Å². The minimum absolute atomic E-state index is 0.0184. The maximum absolute atomic E-state index is 12.5. The maximum atomic E-state index is 12.5. The Morgan fingerprint density at radius 2 is 0.708 bits per heavy atom. The number of carbonyl (C=O) groups is 2. The Balaban J connectivity index is 3.50. The van der Waals surface area contributed by atoms with E-state index in [4.69, 9.17) is 4.74 Å². The number of nitrogens with one attached hydrogen (secondary N) is 1. The summed E-state index contributed by atoms with van der Waals surface area (Å²) in [7, 11) is 0. The van der Waals surface area contributed by atoms with Crippen LogP contribution in [0.3, 0.4) is 0 Å². The van der Waals surface area contributed by atoms with Crippen molar-refractivity contribution < 1.29 is 24.5 Å². The van der Waals surface area contributed by atoms with Gasteiger partial charge in [-0.25, -0.2) is 0 Å². The zero-order chi connectivity index (χ0) is 52.2. The Bertz CT molecular complexity index is 1210. The van der Waals surface area contributed by atoms with Crippen molar-refractivity contribution in [1.29, 1.82) is 0 Å². The molecule has 0 aliphatic carbocycles. The Kier molecular flexibility index (Phi) is 59.5. The van der Waals surface area contributed by atoms with Crippen LogP contribution < -0.4 is 5.32 Å². The number of amides is 1. The molecular weight excluding hydrogens is 887 g/mol. The van der Waals surface area contributed by atoms with Crippen LogP contribution in [0.2, 0.25) is 0 Å². The molecule has 0 bridgehead atoms. The van der Waals surface area contributed by atoms with Gasteiger partial charge in [0, 0.05) is 12.8 Å². The summed E-state index contributed by atoms with van der Waals surface area (Å²) in [6.07, 6.45) is 78.7. The highest BCUT2D eigenvalue weighted by Crippen LogP contribution is 2.17. The van der Waals surface area contributed by atoms with Crippen molar-refractivity contribution in [3.8, 4) is 0 Å². The van der Waals surface area contributed by atoms with Crippen molar-refractivity contribution in [2.75, 3.05) is 13.2 Å². The number of aliphatic hydroxyl groups excluding tert-OH is 2. The van der Waals surface area contributed by atoms with E-state index >= 15 is 0 Å². The molecule has 6 heteroatoms. The van der Waals surface area contributed by atoms with Crippen LogP contribution in [0.5, 0.6) is 0 Å². The standard InChI is InChI=1S/C66H123NO5/c1-3-5-7-9-11-13-15-17-19-20-21-22-23-24-25-26-27-28-31-34-38-42-46-50-54-58-64(69)63(62-68)67-65(70)59-55-51-47-43-39-35-32-29-30-33-37-41-45-49-53-57-61-72-66(71)60-56-52-48-44-40-36-18-16-14-12-10-8-6-4-2/h10,12,16,18,29,32,54,58,63-64,68-69H,3-9,11,13-15,17,19-28,30-31,33-53,55-57,59-62H2,1-2H3,(H,67,70)/b12-10-,18-16-,32-29-,58-54+. The van der Waals surface area contributed by atoms with Crippen LogP contribution in [0.15, 0.2) is 48.6 Å². The number of unbranched alkanes of at least 4 members (excludes halogenated alkanes) is 42. The lowest BCUT2D eigenvalue weighted by Crippen LogP contribution is -2.45. The summed E-state index contributed by atoms with van der Waals surface area (Å²) in [6.45, 7) is 4.85. The normalized spacial score (nSPS) is 12.9. The lowest BCUT2D eigenvalue weighted by molar-refractivity contribution is -0.143. The number of hydrogen-bond acceptors (Lipinski definition) is 5. The highest BCUT2D eigenvalue weighted by atomic mass is 16.5. The summed E-state index contributed by atoms with van der Waals surface area (Å²) in [5, 5.41) is 23.2. The lowest BCUT2D eigenvalue weighted by Gasteiger charge is -2.20. The zero-order valence-electron chi connectivity index (χ0n) is 48.2. The van der Waals surface area contributed by atoms with Gasteiger partial charge in [-0.1, -0.05) is 287 Å². The molecule has 0 radical (unpaired) electrons. The number of allylic oxidation sites excluding steroid dienone is 7. The highest BCUT2D eigenvalue weighted by molar-refractivity contribution is 5.76. The summed E-state index contributed by atoms with van der Waals surface area (Å²) >= 11 is 0. The van der Waals surface area contributed by atoms with Gasteiger partial charge >= 0.3 is 5.97 Å². The minimum atomic E-state index is -0.858. The zero-order valence-corrected chi connectivity index (χ0v) is 48.2. The molecule has 0 spiro atoms. The first-order chi connectivity index (χ1) is 35.5. The van der Waals surface area contributed by atoms with Crippen LogP contribution in [0.25, 0.3) is 0 Å². The van der Waals surface area contributed by atoms with Gasteiger partial charge in [0.15, 0.2) is 0 Å². The van der Waals surface area contributed by atoms with Crippen molar-refractivity contribution in [3.05, 3.63) is 48.6 Å². The van der Waals surface area contributed by atoms with Gasteiger partial charge in [0.25, 0.3) is 0 Å². The number of aliphatic hydroxyl groups is 2. The second-order valence-corrected chi connectivity index (χ2v) is 21.7. The number of hydrogen-bond donors (Lipinski definition) is 3. The van der Waals surface area contributed by atoms with E-state index in [1.54, 1.807) is 6.08 Å². The van der Waals surface area contributed by atoms with E-state index in [0.29, 0.717) is 19.4 Å². The van der Waals surface area contributed by atoms with E-state index in [-0.39, 0.29) is 18.5 Å². The smallest absolute Gasteiger partial charge is 0.305 e. The third-order valence-electron chi connectivity index (χ3n) is 14.6. The Morgan fingerprint density at radius 3 is 1.11 bits per heavy atom. The largest absolute Gasteiger partial charge is 0.466 e. The fraction of sp³-hybridized carbons (Fsp3) is 0.848. The molecule has 6 nitrogen and oxygen atoms in total. The summed E-state index contributed by atoms with van der Waals surface area (Å²) in [5.41, 5.74) is 0. The van der Waals surface area contributed by atoms with Crippen LogP contribution in [-0.2, 0) is 14.3 Å². The summed E-state index contributed by atoms with van der Waals surface area (Å²) in [6, 6.07) is -0.643. The third kappa shape index (κ3) is 57.1. The summed E-state index contributed by atoms with van der Waals surface area (Å²) in [5.74, 6) is -0.102. The fourth-order valence-corrected chi connectivity index (χ4v) is 9.65. The van der Waals surface area contributed by atoms with Crippen molar-refractivity contribution in [2.24, 2.45) is 0 Å². The van der Waals surface area contributed by atoms with E-state index in [9.17, 15) is 19.8 Å². The SMILES string of the molecule is CCCC/C=C\C/C=C\CCCCCCCC(=O)OCCCCCCCCC/C=C\CCCCCCCC(=O)NC(CO)C(O)/C=C/CCCCCCCCCCCCCCCCCCCCCCCCC. The monoisotopic (exact) mass is 1010 g/mol. The first kappa shape index (κ1) is 69.8. The molecule has 422 valence electrons. The highest BCUT2D eigenvalue weighted by Gasteiger charge is 2.18. The number of rotatable bonds is 59. The molecule has 0 rings (SSSR count). The van der Waals surface area contributed by atoms with Gasteiger partial charge in [-0.05, 0) is 83.5 Å². The van der Waals surface area contributed by atoms with Gasteiger partial charge < -0.3 is 20.3 Å². The number of ether oxygens (including phenoxy) is 1. The first-order valence-electron chi connectivity index (χ1n) is 31.9. The predicted octanol–water partition coefficient (Wildman–Crippen LogP) is 20.1. The molecule has 1 amide bonds. The molecular formula is C66H123NO5. The molecule has 0 saturated carbocycles. The summed E-state index contributed by atoms with van der Waals surface area (Å²) in [4.78, 5) is 24.5. The van der Waals surface area contributed by atoms with Crippen molar-refractivity contribution in [3.63, 3.8) is 0 Å². The van der Waals surface area contributed by atoms with E-state index in [2.05, 4.69) is 55.6 Å². The van der Waals surface area contributed by atoms with Crippen LogP contribution in [0.1, 0.15) is 335 Å². The fourth-order valence-electron chi connectivity index (χ4n) is 9.65. The van der Waals surface area contributed by atoms with Crippen LogP contribution >= 0.6 is 0 Å². The van der Waals surface area contributed by atoms with E-state index in [1.165, 1.54) is 238 Å². The topological polar surface area (TPSA) is 95.9 Å². The molecule has 0 fully saturated rings. The van der Waals surface area contributed by atoms with Gasteiger partial charge in [-0.15, -0.1) is 0 Å². The molecule has 0 aromatic heterocycles.